The number of nitriles is 1. The molecule has 3 rings (SSSR count). The normalized spacial score (nSPS) is 18.4. The molecule has 0 bridgehead atoms. The van der Waals surface area contributed by atoms with Crippen LogP contribution in [0.4, 0.5) is 10.5 Å². The van der Waals surface area contributed by atoms with Gasteiger partial charge < -0.3 is 10.1 Å². The first-order chi connectivity index (χ1) is 13.5. The highest BCUT2D eigenvalue weighted by Crippen LogP contribution is 2.31. The molecule has 0 aliphatic carbocycles. The minimum absolute atomic E-state index is 0.173. The fourth-order valence-electron chi connectivity index (χ4n) is 3.21. The maximum Gasteiger partial charge on any atom is 0.410 e. The number of anilines is 1. The lowest BCUT2D eigenvalue weighted by Crippen LogP contribution is -2.53. The van der Waals surface area contributed by atoms with Crippen molar-refractivity contribution < 1.29 is 14.3 Å². The van der Waals surface area contributed by atoms with E-state index < -0.39 is 11.6 Å². The molecule has 1 unspecified atom stereocenters. The Bertz CT molecular complexity index is 880. The molecule has 2 amide bonds. The monoisotopic (exact) mass is 395 g/mol. The Morgan fingerprint density at radius 3 is 2.61 bits per heavy atom. The fraction of sp³-hybridized carbons (Fsp3) is 0.286. The van der Waals surface area contributed by atoms with E-state index in [-0.39, 0.29) is 12.5 Å². The highest BCUT2D eigenvalue weighted by atomic mass is 32.2. The zero-order valence-corrected chi connectivity index (χ0v) is 16.4. The largest absolute Gasteiger partial charge is 0.445 e. The minimum atomic E-state index is -0.964. The van der Waals surface area contributed by atoms with Gasteiger partial charge in [-0.05, 0) is 61.4 Å². The predicted octanol–water partition coefficient (Wildman–Crippen LogP) is 4.39. The van der Waals surface area contributed by atoms with Gasteiger partial charge in [0.15, 0.2) is 0 Å². The van der Waals surface area contributed by atoms with Gasteiger partial charge >= 0.3 is 6.09 Å². The molecule has 1 saturated heterocycles. The number of thiocyanates is 1. The molecule has 1 N–H and O–H groups in total. The first kappa shape index (κ1) is 19.8. The van der Waals surface area contributed by atoms with Crippen molar-refractivity contribution in [3.8, 4) is 5.40 Å². The maximum atomic E-state index is 12.9. The van der Waals surface area contributed by atoms with Gasteiger partial charge in [0.25, 0.3) is 0 Å². The van der Waals surface area contributed by atoms with Crippen LogP contribution in [0.5, 0.6) is 0 Å². The van der Waals surface area contributed by atoms with Gasteiger partial charge in [0, 0.05) is 17.1 Å². The zero-order valence-electron chi connectivity index (χ0n) is 15.6. The van der Waals surface area contributed by atoms with E-state index in [0.717, 1.165) is 28.6 Å². The molecular weight excluding hydrogens is 374 g/mol. The fourth-order valence-corrected chi connectivity index (χ4v) is 3.59. The Morgan fingerprint density at radius 2 is 1.93 bits per heavy atom. The number of nitrogens with zero attached hydrogens (tertiary/aromatic N) is 2. The summed E-state index contributed by atoms with van der Waals surface area (Å²) >= 11 is 1.06. The summed E-state index contributed by atoms with van der Waals surface area (Å²) in [5.74, 6) is -0.248. The number of benzene rings is 2. The molecule has 28 heavy (non-hydrogen) atoms. The summed E-state index contributed by atoms with van der Waals surface area (Å²) in [4.78, 5) is 27.8. The van der Waals surface area contributed by atoms with Gasteiger partial charge in [-0.25, -0.2) is 4.79 Å². The second-order valence-electron chi connectivity index (χ2n) is 6.74. The lowest BCUT2D eigenvalue weighted by molar-refractivity contribution is -0.125. The van der Waals surface area contributed by atoms with Crippen LogP contribution in [0.3, 0.4) is 0 Å². The van der Waals surface area contributed by atoms with Crippen LogP contribution >= 0.6 is 11.8 Å². The molecule has 0 spiro atoms. The van der Waals surface area contributed by atoms with E-state index in [4.69, 9.17) is 10.00 Å². The number of likely N-dealkylation sites (tertiary alicyclic amines) is 1. The lowest BCUT2D eigenvalue weighted by Gasteiger charge is -2.33. The van der Waals surface area contributed by atoms with E-state index in [2.05, 4.69) is 5.32 Å². The van der Waals surface area contributed by atoms with Crippen LogP contribution in [0.1, 0.15) is 25.3 Å². The minimum Gasteiger partial charge on any atom is -0.445 e. The highest BCUT2D eigenvalue weighted by molar-refractivity contribution is 8.03. The average Bonchev–Trinajstić information content (AvgIpc) is 3.12. The van der Waals surface area contributed by atoms with E-state index in [1.807, 2.05) is 35.7 Å². The molecule has 7 heteroatoms. The quantitative estimate of drug-likeness (QED) is 0.600. The van der Waals surface area contributed by atoms with Crippen molar-refractivity contribution in [1.29, 1.82) is 5.26 Å². The van der Waals surface area contributed by atoms with Crippen LogP contribution in [0, 0.1) is 10.7 Å². The number of nitrogens with one attached hydrogen (secondary N) is 1. The van der Waals surface area contributed by atoms with E-state index in [1.165, 1.54) is 4.90 Å². The number of carbonyl (C=O) groups is 2. The summed E-state index contributed by atoms with van der Waals surface area (Å²) in [5.41, 5.74) is 0.558. The van der Waals surface area contributed by atoms with Crippen molar-refractivity contribution in [2.45, 2.75) is 36.8 Å². The predicted molar refractivity (Wildman–Crippen MR) is 108 cm³/mol. The summed E-state index contributed by atoms with van der Waals surface area (Å²) in [5, 5.41) is 13.6. The van der Waals surface area contributed by atoms with Crippen LogP contribution < -0.4 is 5.32 Å². The standard InChI is InChI=1S/C21H21N3O3S/c1-21(19(25)23-17-8-10-18(11-9-17)28-15-22)12-5-13-24(21)20(26)27-14-16-6-3-2-4-7-16/h2-4,6-11H,5,12-14H2,1H3,(H,23,25). The highest BCUT2D eigenvalue weighted by Gasteiger charge is 2.46. The third kappa shape index (κ3) is 4.46. The molecule has 144 valence electrons. The number of hydrogen-bond acceptors (Lipinski definition) is 5. The number of thioether (sulfide) groups is 1. The molecule has 2 aromatic carbocycles. The van der Waals surface area contributed by atoms with Gasteiger partial charge in [-0.15, -0.1) is 0 Å². The third-order valence-corrected chi connectivity index (χ3v) is 5.43. The van der Waals surface area contributed by atoms with E-state index in [9.17, 15) is 9.59 Å². The van der Waals surface area contributed by atoms with Crippen LogP contribution in [0.25, 0.3) is 0 Å². The summed E-state index contributed by atoms with van der Waals surface area (Å²) in [6.45, 7) is 2.42. The molecule has 1 aliphatic rings. The van der Waals surface area contributed by atoms with Gasteiger partial charge in [-0.1, -0.05) is 30.3 Å². The molecule has 1 aliphatic heterocycles. The molecule has 0 saturated carbocycles. The first-order valence-electron chi connectivity index (χ1n) is 8.99. The Labute approximate surface area is 168 Å². The maximum absolute atomic E-state index is 12.9. The van der Waals surface area contributed by atoms with Crippen molar-refractivity contribution in [1.82, 2.24) is 4.90 Å². The Hall–Kier alpha value is -2.98. The second kappa shape index (κ2) is 8.81. The van der Waals surface area contributed by atoms with E-state index in [0.29, 0.717) is 18.7 Å². The van der Waals surface area contributed by atoms with Crippen molar-refractivity contribution in [3.05, 3.63) is 60.2 Å². The van der Waals surface area contributed by atoms with Crippen molar-refractivity contribution in [3.63, 3.8) is 0 Å². The van der Waals surface area contributed by atoms with Gasteiger partial charge in [-0.3, -0.25) is 9.69 Å². The average molecular weight is 395 g/mol. The zero-order chi connectivity index (χ0) is 20.0. The Balaban J connectivity index is 1.64. The topological polar surface area (TPSA) is 82.4 Å². The summed E-state index contributed by atoms with van der Waals surface area (Å²) in [7, 11) is 0. The molecule has 0 aromatic heterocycles. The number of amides is 2. The van der Waals surface area contributed by atoms with Gasteiger partial charge in [0.2, 0.25) is 5.91 Å². The van der Waals surface area contributed by atoms with Crippen LogP contribution in [-0.4, -0.2) is 29.0 Å². The summed E-state index contributed by atoms with van der Waals surface area (Å²) in [6.07, 6.45) is 0.823. The number of rotatable bonds is 5. The SMILES string of the molecule is CC1(C(=O)Nc2ccc(SC#N)cc2)CCCN1C(=O)OCc1ccccc1. The lowest BCUT2D eigenvalue weighted by atomic mass is 9.98. The summed E-state index contributed by atoms with van der Waals surface area (Å²) in [6, 6.07) is 16.5. The Kier molecular flexibility index (Phi) is 6.22. The molecule has 6 nitrogen and oxygen atoms in total. The van der Waals surface area contributed by atoms with E-state index in [1.54, 1.807) is 31.2 Å². The summed E-state index contributed by atoms with van der Waals surface area (Å²) < 4.78 is 5.42. The molecule has 1 heterocycles. The second-order valence-corrected chi connectivity index (χ2v) is 7.60. The van der Waals surface area contributed by atoms with Crippen LogP contribution in [0.15, 0.2) is 59.5 Å². The number of hydrogen-bond donors (Lipinski definition) is 1. The Morgan fingerprint density at radius 1 is 1.21 bits per heavy atom. The van der Waals surface area contributed by atoms with Crippen LogP contribution in [-0.2, 0) is 16.1 Å². The first-order valence-corrected chi connectivity index (χ1v) is 9.80. The van der Waals surface area contributed by atoms with Crippen molar-refractivity contribution in [2.75, 3.05) is 11.9 Å². The number of ether oxygens (including phenoxy) is 1. The number of carbonyl (C=O) groups excluding carboxylic acids is 2. The van der Waals surface area contributed by atoms with Gasteiger partial charge in [-0.2, -0.15) is 5.26 Å². The van der Waals surface area contributed by atoms with Crippen molar-refractivity contribution in [2.24, 2.45) is 0 Å². The van der Waals surface area contributed by atoms with Gasteiger partial charge in [0.1, 0.15) is 17.5 Å². The van der Waals surface area contributed by atoms with Crippen molar-refractivity contribution >= 4 is 29.4 Å². The molecular formula is C21H21N3O3S. The molecule has 2 aromatic rings. The van der Waals surface area contributed by atoms with E-state index >= 15 is 0 Å². The third-order valence-electron chi connectivity index (χ3n) is 4.83. The molecule has 1 fully saturated rings. The van der Waals surface area contributed by atoms with Gasteiger partial charge in [0.05, 0.1) is 0 Å². The smallest absolute Gasteiger partial charge is 0.410 e. The van der Waals surface area contributed by atoms with Crippen LogP contribution in [0.2, 0.25) is 0 Å². The molecule has 1 atom stereocenters. The molecule has 0 radical (unpaired) electrons.